The number of aromatic amines is 1. The van der Waals surface area contributed by atoms with Crippen LogP contribution in [0, 0.1) is 0 Å². The predicted octanol–water partition coefficient (Wildman–Crippen LogP) is 0.804. The Bertz CT molecular complexity index is 1220. The molecular weight excluding hydrogens is 374 g/mol. The molecule has 1 amide bonds. The number of anilines is 1. The van der Waals surface area contributed by atoms with E-state index < -0.39 is 12.1 Å². The highest BCUT2D eigenvalue weighted by Gasteiger charge is 2.29. The second-order valence-electron chi connectivity index (χ2n) is 6.86. The Morgan fingerprint density at radius 1 is 1.41 bits per heavy atom. The fourth-order valence-electron chi connectivity index (χ4n) is 3.53. The summed E-state index contributed by atoms with van der Waals surface area (Å²) in [6.07, 6.45) is 4.31. The molecule has 4 N–H and O–H groups in total. The molecule has 10 nitrogen and oxygen atoms in total. The predicted molar refractivity (Wildman–Crippen MR) is 106 cm³/mol. The minimum Gasteiger partial charge on any atom is -0.388 e. The lowest BCUT2D eigenvalue weighted by atomic mass is 10.1. The van der Waals surface area contributed by atoms with E-state index in [1.165, 1.54) is 6.20 Å². The van der Waals surface area contributed by atoms with E-state index >= 15 is 0 Å². The summed E-state index contributed by atoms with van der Waals surface area (Å²) >= 11 is 0. The number of nitrogens with one attached hydrogen (secondary N) is 3. The average Bonchev–Trinajstić information content (AvgIpc) is 3.45. The summed E-state index contributed by atoms with van der Waals surface area (Å²) in [5.74, 6) is 0.327. The van der Waals surface area contributed by atoms with Crippen molar-refractivity contribution in [2.75, 3.05) is 25.6 Å². The van der Waals surface area contributed by atoms with E-state index in [9.17, 15) is 9.90 Å². The number of rotatable bonds is 4. The van der Waals surface area contributed by atoms with Gasteiger partial charge < -0.3 is 25.5 Å². The molecule has 1 saturated heterocycles. The van der Waals surface area contributed by atoms with E-state index in [4.69, 9.17) is 9.72 Å². The van der Waals surface area contributed by atoms with Crippen LogP contribution >= 0.6 is 0 Å². The highest BCUT2D eigenvalue weighted by atomic mass is 16.5. The van der Waals surface area contributed by atoms with Gasteiger partial charge in [-0.3, -0.25) is 4.79 Å². The lowest BCUT2D eigenvalue weighted by molar-refractivity contribution is 0.0888. The van der Waals surface area contributed by atoms with E-state index in [2.05, 4.69) is 25.7 Å². The molecule has 0 radical (unpaired) electrons. The van der Waals surface area contributed by atoms with Gasteiger partial charge in [0.1, 0.15) is 17.0 Å². The summed E-state index contributed by atoms with van der Waals surface area (Å²) in [4.78, 5) is 25.0. The lowest BCUT2D eigenvalue weighted by Crippen LogP contribution is -2.42. The van der Waals surface area contributed by atoms with Crippen molar-refractivity contribution in [2.24, 2.45) is 0 Å². The number of hydrogen-bond donors (Lipinski definition) is 4. The van der Waals surface area contributed by atoms with Crippen molar-refractivity contribution in [2.45, 2.75) is 12.1 Å². The zero-order valence-corrected chi connectivity index (χ0v) is 15.6. The largest absolute Gasteiger partial charge is 0.388 e. The molecule has 0 spiro atoms. The van der Waals surface area contributed by atoms with Gasteiger partial charge >= 0.3 is 0 Å². The summed E-state index contributed by atoms with van der Waals surface area (Å²) in [5, 5.41) is 21.0. The molecular formula is C19H19N7O3. The normalized spacial score (nSPS) is 19.1. The first kappa shape index (κ1) is 17.6. The van der Waals surface area contributed by atoms with E-state index in [0.717, 1.165) is 16.6 Å². The van der Waals surface area contributed by atoms with E-state index in [1.54, 1.807) is 17.8 Å². The molecule has 1 fully saturated rings. The Morgan fingerprint density at radius 2 is 2.31 bits per heavy atom. The second kappa shape index (κ2) is 6.83. The first-order valence-electron chi connectivity index (χ1n) is 9.21. The van der Waals surface area contributed by atoms with Crippen LogP contribution in [0.25, 0.3) is 27.9 Å². The average molecular weight is 393 g/mol. The molecule has 0 saturated carbocycles. The molecule has 0 aliphatic carbocycles. The number of carbonyl (C=O) groups excluding carboxylic acids is 1. The third-order valence-electron chi connectivity index (χ3n) is 5.07. The fourth-order valence-corrected chi connectivity index (χ4v) is 3.53. The van der Waals surface area contributed by atoms with Crippen LogP contribution in [0.1, 0.15) is 10.4 Å². The lowest BCUT2D eigenvalue weighted by Gasteiger charge is -2.14. The van der Waals surface area contributed by atoms with E-state index in [0.29, 0.717) is 22.7 Å². The zero-order chi connectivity index (χ0) is 20.0. The smallest absolute Gasteiger partial charge is 0.257 e. The van der Waals surface area contributed by atoms with Crippen molar-refractivity contribution >= 4 is 28.4 Å². The first-order chi connectivity index (χ1) is 14.2. The molecule has 5 heterocycles. The quantitative estimate of drug-likeness (QED) is 0.404. The fraction of sp³-hybridized carbons (Fsp3) is 0.263. The van der Waals surface area contributed by atoms with Crippen molar-refractivity contribution in [3.05, 3.63) is 42.4 Å². The molecule has 1 aliphatic rings. The van der Waals surface area contributed by atoms with Crippen molar-refractivity contribution in [1.29, 1.82) is 0 Å². The van der Waals surface area contributed by atoms with Crippen LogP contribution in [0.2, 0.25) is 0 Å². The van der Waals surface area contributed by atoms with Gasteiger partial charge in [0, 0.05) is 36.5 Å². The third kappa shape index (κ3) is 2.89. The van der Waals surface area contributed by atoms with Gasteiger partial charge in [-0.2, -0.15) is 9.61 Å². The Labute approximate surface area is 164 Å². The molecule has 2 atom stereocenters. The third-order valence-corrected chi connectivity index (χ3v) is 5.07. The minimum absolute atomic E-state index is 0.209. The maximum atomic E-state index is 12.8. The van der Waals surface area contributed by atoms with Crippen LogP contribution < -0.4 is 10.6 Å². The number of pyridine rings is 1. The number of H-pyrrole nitrogens is 1. The van der Waals surface area contributed by atoms with Gasteiger partial charge in [-0.25, -0.2) is 9.97 Å². The molecule has 4 aromatic rings. The van der Waals surface area contributed by atoms with Crippen LogP contribution in [0.5, 0.6) is 0 Å². The van der Waals surface area contributed by atoms with Gasteiger partial charge in [0.05, 0.1) is 37.3 Å². The van der Waals surface area contributed by atoms with Crippen molar-refractivity contribution < 1.29 is 14.6 Å². The Morgan fingerprint density at radius 3 is 3.10 bits per heavy atom. The summed E-state index contributed by atoms with van der Waals surface area (Å²) < 4.78 is 6.78. The molecule has 5 rings (SSSR count). The highest BCUT2D eigenvalue weighted by Crippen LogP contribution is 2.29. The van der Waals surface area contributed by atoms with E-state index in [1.807, 2.05) is 24.4 Å². The highest BCUT2D eigenvalue weighted by molar-refractivity contribution is 6.01. The van der Waals surface area contributed by atoms with Crippen molar-refractivity contribution in [3.63, 3.8) is 0 Å². The van der Waals surface area contributed by atoms with Gasteiger partial charge in [0.15, 0.2) is 5.65 Å². The number of aliphatic hydroxyl groups is 1. The Hall–Kier alpha value is -3.50. The first-order valence-corrected chi connectivity index (χ1v) is 9.21. The van der Waals surface area contributed by atoms with Crippen LogP contribution in [0.15, 0.2) is 36.8 Å². The number of ether oxygens (including phenoxy) is 1. The Balaban J connectivity index is 1.60. The maximum Gasteiger partial charge on any atom is 0.257 e. The molecule has 0 aromatic carbocycles. The van der Waals surface area contributed by atoms with Crippen LogP contribution in [0.3, 0.4) is 0 Å². The Kier molecular flexibility index (Phi) is 4.14. The van der Waals surface area contributed by atoms with Gasteiger partial charge in [0.2, 0.25) is 0 Å². The number of nitrogens with zero attached hydrogens (tertiary/aromatic N) is 4. The van der Waals surface area contributed by atoms with Gasteiger partial charge in [-0.15, -0.1) is 0 Å². The summed E-state index contributed by atoms with van der Waals surface area (Å²) in [7, 11) is 1.78. The van der Waals surface area contributed by atoms with Crippen LogP contribution in [-0.4, -0.2) is 68.0 Å². The number of aromatic nitrogens is 5. The minimum atomic E-state index is -0.726. The molecule has 2 unspecified atom stereocenters. The number of amides is 1. The summed E-state index contributed by atoms with van der Waals surface area (Å²) in [5.41, 5.74) is 3.05. The maximum absolute atomic E-state index is 12.8. The number of carbonyl (C=O) groups is 1. The summed E-state index contributed by atoms with van der Waals surface area (Å²) in [6.45, 7) is 0.482. The van der Waals surface area contributed by atoms with Crippen molar-refractivity contribution in [3.8, 4) is 11.3 Å². The molecule has 4 aromatic heterocycles. The zero-order valence-electron chi connectivity index (χ0n) is 15.6. The molecule has 0 bridgehead atoms. The monoisotopic (exact) mass is 393 g/mol. The van der Waals surface area contributed by atoms with Crippen LogP contribution in [-0.2, 0) is 4.74 Å². The SMILES string of the molecule is CNc1cc(-c2c[nH]c3ncccc23)nc2c(C(=O)NC3COCC3O)cnn12. The molecule has 10 heteroatoms. The van der Waals surface area contributed by atoms with Crippen LogP contribution in [0.4, 0.5) is 5.82 Å². The van der Waals surface area contributed by atoms with E-state index in [-0.39, 0.29) is 19.1 Å². The van der Waals surface area contributed by atoms with Gasteiger partial charge in [-0.1, -0.05) is 0 Å². The number of hydrogen-bond acceptors (Lipinski definition) is 7. The molecule has 148 valence electrons. The number of aliphatic hydroxyl groups excluding tert-OH is 1. The second-order valence-corrected chi connectivity index (χ2v) is 6.86. The van der Waals surface area contributed by atoms with Gasteiger partial charge in [-0.05, 0) is 12.1 Å². The van der Waals surface area contributed by atoms with Gasteiger partial charge in [0.25, 0.3) is 5.91 Å². The summed E-state index contributed by atoms with van der Waals surface area (Å²) in [6, 6.07) is 5.24. The van der Waals surface area contributed by atoms with Crippen molar-refractivity contribution in [1.82, 2.24) is 29.9 Å². The number of fused-ring (bicyclic) bond motifs is 2. The topological polar surface area (TPSA) is 129 Å². The standard InChI is InChI=1S/C19H19N7O3/c1-20-16-5-13(11-6-22-17-10(11)3-2-4-21-17)24-18-12(7-23-26(16)18)19(28)25-14-8-29-9-15(14)27/h2-7,14-15,20,27H,8-9H2,1H3,(H,21,22)(H,25,28). The molecule has 29 heavy (non-hydrogen) atoms. The molecule has 1 aliphatic heterocycles.